The first-order valence-corrected chi connectivity index (χ1v) is 8.85. The summed E-state index contributed by atoms with van der Waals surface area (Å²) in [5, 5.41) is 2.72. The summed E-state index contributed by atoms with van der Waals surface area (Å²) in [5.74, 6) is 1.54. The van der Waals surface area contributed by atoms with Gasteiger partial charge in [-0.2, -0.15) is 0 Å². The summed E-state index contributed by atoms with van der Waals surface area (Å²) < 4.78 is 35.5. The zero-order valence-corrected chi connectivity index (χ0v) is 13.7. The molecule has 6 heteroatoms. The molecule has 1 aromatic rings. The fourth-order valence-corrected chi connectivity index (χ4v) is 4.23. The van der Waals surface area contributed by atoms with Gasteiger partial charge >= 0.3 is 0 Å². The zero-order chi connectivity index (χ0) is 15.6. The van der Waals surface area contributed by atoms with Gasteiger partial charge in [0.25, 0.3) is 0 Å². The quantitative estimate of drug-likeness (QED) is 0.871. The van der Waals surface area contributed by atoms with Crippen molar-refractivity contribution in [2.24, 2.45) is 5.92 Å². The second kappa shape index (κ2) is 6.23. The second-order valence-corrected chi connectivity index (χ2v) is 8.14. The molecule has 0 saturated carbocycles. The van der Waals surface area contributed by atoms with Gasteiger partial charge in [-0.15, -0.1) is 0 Å². The summed E-state index contributed by atoms with van der Waals surface area (Å²) in [6.07, 6.45) is 0. The molecule has 0 bridgehead atoms. The van der Waals surface area contributed by atoms with Crippen molar-refractivity contribution in [1.82, 2.24) is 5.32 Å². The molecule has 1 aliphatic rings. The fraction of sp³-hybridized carbons (Fsp3) is 0.600. The molecule has 1 N–H and O–H groups in total. The van der Waals surface area contributed by atoms with Gasteiger partial charge in [-0.25, -0.2) is 8.42 Å². The predicted octanol–water partition coefficient (Wildman–Crippen LogP) is 2.14. The summed E-state index contributed by atoms with van der Waals surface area (Å²) in [4.78, 5) is 0. The van der Waals surface area contributed by atoms with Crippen LogP contribution in [0.1, 0.15) is 32.4 Å². The fourth-order valence-electron chi connectivity index (χ4n) is 2.27. The molecule has 118 valence electrons. The third-order valence-electron chi connectivity index (χ3n) is 4.05. The Morgan fingerprint density at radius 1 is 1.19 bits per heavy atom. The number of hydrogen-bond donors (Lipinski definition) is 1. The van der Waals surface area contributed by atoms with Gasteiger partial charge in [0.1, 0.15) is 0 Å². The van der Waals surface area contributed by atoms with Gasteiger partial charge in [-0.1, -0.05) is 19.9 Å². The molecule has 1 heterocycles. The van der Waals surface area contributed by atoms with Crippen molar-refractivity contribution in [2.45, 2.75) is 32.1 Å². The van der Waals surface area contributed by atoms with E-state index in [9.17, 15) is 8.42 Å². The standard InChI is InChI=1S/C15H23NO4S/c1-10(2)11(3)21(17,18)8-13(16-4)12-5-6-14-15(7-12)20-9-19-14/h5-7,10-11,13,16H,8-9H2,1-4H3. The van der Waals surface area contributed by atoms with E-state index in [0.29, 0.717) is 11.5 Å². The van der Waals surface area contributed by atoms with E-state index in [1.54, 1.807) is 14.0 Å². The molecule has 0 aliphatic carbocycles. The average Bonchev–Trinajstić information content (AvgIpc) is 2.91. The Labute approximate surface area is 126 Å². The van der Waals surface area contributed by atoms with Crippen molar-refractivity contribution in [2.75, 3.05) is 19.6 Å². The summed E-state index contributed by atoms with van der Waals surface area (Å²) >= 11 is 0. The van der Waals surface area contributed by atoms with Crippen LogP contribution in [0.4, 0.5) is 0 Å². The van der Waals surface area contributed by atoms with Crippen LogP contribution in [0, 0.1) is 5.92 Å². The summed E-state index contributed by atoms with van der Waals surface area (Å²) in [5.41, 5.74) is 0.890. The number of fused-ring (bicyclic) bond motifs is 1. The molecule has 2 rings (SSSR count). The maximum Gasteiger partial charge on any atom is 0.231 e. The first kappa shape index (κ1) is 16.1. The summed E-state index contributed by atoms with van der Waals surface area (Å²) in [7, 11) is -1.40. The van der Waals surface area contributed by atoms with E-state index < -0.39 is 9.84 Å². The Bertz CT molecular complexity index is 598. The maximum absolute atomic E-state index is 12.5. The molecule has 5 nitrogen and oxygen atoms in total. The van der Waals surface area contributed by atoms with Crippen molar-refractivity contribution in [3.05, 3.63) is 23.8 Å². The molecular weight excluding hydrogens is 290 g/mol. The Morgan fingerprint density at radius 2 is 1.86 bits per heavy atom. The van der Waals surface area contributed by atoms with Crippen molar-refractivity contribution in [1.29, 1.82) is 0 Å². The van der Waals surface area contributed by atoms with E-state index in [2.05, 4.69) is 5.32 Å². The van der Waals surface area contributed by atoms with Gasteiger partial charge in [0, 0.05) is 6.04 Å². The van der Waals surface area contributed by atoms with Crippen molar-refractivity contribution in [3.8, 4) is 11.5 Å². The van der Waals surface area contributed by atoms with E-state index in [4.69, 9.17) is 9.47 Å². The van der Waals surface area contributed by atoms with Crippen LogP contribution in [0.5, 0.6) is 11.5 Å². The molecule has 0 amide bonds. The number of sulfone groups is 1. The molecule has 0 spiro atoms. The number of nitrogens with one attached hydrogen (secondary N) is 1. The SMILES string of the molecule is CNC(CS(=O)(=O)C(C)C(C)C)c1ccc2c(c1)OCO2. The van der Waals surface area contributed by atoms with E-state index in [1.165, 1.54) is 0 Å². The minimum absolute atomic E-state index is 0.0719. The number of rotatable bonds is 6. The van der Waals surface area contributed by atoms with Gasteiger partial charge in [0.2, 0.25) is 6.79 Å². The van der Waals surface area contributed by atoms with Crippen LogP contribution >= 0.6 is 0 Å². The Balaban J connectivity index is 2.21. The molecule has 1 aromatic carbocycles. The molecule has 0 aromatic heterocycles. The predicted molar refractivity (Wildman–Crippen MR) is 82.5 cm³/mol. The van der Waals surface area contributed by atoms with Crippen LogP contribution in [0.15, 0.2) is 18.2 Å². The van der Waals surface area contributed by atoms with Crippen molar-refractivity contribution in [3.63, 3.8) is 0 Å². The highest BCUT2D eigenvalue weighted by Crippen LogP contribution is 2.34. The van der Waals surface area contributed by atoms with Gasteiger partial charge < -0.3 is 14.8 Å². The average molecular weight is 313 g/mol. The molecule has 21 heavy (non-hydrogen) atoms. The first-order valence-electron chi connectivity index (χ1n) is 7.13. The largest absolute Gasteiger partial charge is 0.454 e. The highest BCUT2D eigenvalue weighted by molar-refractivity contribution is 7.92. The van der Waals surface area contributed by atoms with Crippen LogP contribution in [-0.2, 0) is 9.84 Å². The highest BCUT2D eigenvalue weighted by Gasteiger charge is 2.28. The number of benzene rings is 1. The van der Waals surface area contributed by atoms with E-state index in [0.717, 1.165) is 5.56 Å². The van der Waals surface area contributed by atoms with Crippen molar-refractivity contribution < 1.29 is 17.9 Å². The topological polar surface area (TPSA) is 64.6 Å². The highest BCUT2D eigenvalue weighted by atomic mass is 32.2. The van der Waals surface area contributed by atoms with Crippen LogP contribution in [-0.4, -0.2) is 33.3 Å². The number of hydrogen-bond acceptors (Lipinski definition) is 5. The monoisotopic (exact) mass is 313 g/mol. The van der Waals surface area contributed by atoms with E-state index in [1.807, 2.05) is 32.0 Å². The molecule has 2 unspecified atom stereocenters. The van der Waals surface area contributed by atoms with E-state index >= 15 is 0 Å². The Kier molecular flexibility index (Phi) is 4.78. The smallest absolute Gasteiger partial charge is 0.231 e. The Hall–Kier alpha value is -1.27. The molecule has 2 atom stereocenters. The van der Waals surface area contributed by atoms with Gasteiger partial charge in [0.05, 0.1) is 11.0 Å². The minimum atomic E-state index is -3.17. The zero-order valence-electron chi connectivity index (χ0n) is 12.9. The van der Waals surface area contributed by atoms with Crippen LogP contribution in [0.3, 0.4) is 0 Å². The van der Waals surface area contributed by atoms with Gasteiger partial charge in [-0.05, 0) is 37.6 Å². The maximum atomic E-state index is 12.5. The van der Waals surface area contributed by atoms with Crippen LogP contribution < -0.4 is 14.8 Å². The molecule has 0 saturated heterocycles. The lowest BCUT2D eigenvalue weighted by Gasteiger charge is -2.22. The lowest BCUT2D eigenvalue weighted by atomic mass is 10.1. The second-order valence-electron chi connectivity index (χ2n) is 5.73. The lowest BCUT2D eigenvalue weighted by molar-refractivity contribution is 0.174. The van der Waals surface area contributed by atoms with E-state index in [-0.39, 0.29) is 29.8 Å². The van der Waals surface area contributed by atoms with Crippen LogP contribution in [0.25, 0.3) is 0 Å². The molecule has 1 aliphatic heterocycles. The summed E-state index contributed by atoms with van der Waals surface area (Å²) in [6.45, 7) is 5.84. The molecular formula is C15H23NO4S. The van der Waals surface area contributed by atoms with Crippen molar-refractivity contribution >= 4 is 9.84 Å². The van der Waals surface area contributed by atoms with Gasteiger partial charge in [-0.3, -0.25) is 0 Å². The van der Waals surface area contributed by atoms with Crippen LogP contribution in [0.2, 0.25) is 0 Å². The Morgan fingerprint density at radius 3 is 2.48 bits per heavy atom. The minimum Gasteiger partial charge on any atom is -0.454 e. The lowest BCUT2D eigenvalue weighted by Crippen LogP contribution is -2.32. The van der Waals surface area contributed by atoms with Gasteiger partial charge in [0.15, 0.2) is 21.3 Å². The first-order chi connectivity index (χ1) is 9.85. The normalized spacial score (nSPS) is 17.0. The molecule has 0 fully saturated rings. The third kappa shape index (κ3) is 3.49. The molecule has 0 radical (unpaired) electrons. The number of ether oxygens (including phenoxy) is 2. The summed E-state index contributed by atoms with van der Waals surface area (Å²) in [6, 6.07) is 5.29. The third-order valence-corrected chi connectivity index (χ3v) is 6.53.